The number of hydrogen-bond acceptors (Lipinski definition) is 5. The highest BCUT2D eigenvalue weighted by molar-refractivity contribution is 5.97. The van der Waals surface area contributed by atoms with Gasteiger partial charge >= 0.3 is 0 Å². The Hall–Kier alpha value is -3.78. The number of hydrogen-bond donors (Lipinski definition) is 1. The van der Waals surface area contributed by atoms with Gasteiger partial charge in [-0.1, -0.05) is 18.2 Å². The van der Waals surface area contributed by atoms with Crippen molar-refractivity contribution >= 4 is 24.0 Å². The maximum atomic E-state index is 12.8. The molecule has 2 aromatic heterocycles. The van der Waals surface area contributed by atoms with Gasteiger partial charge < -0.3 is 15.1 Å². The van der Waals surface area contributed by atoms with Crippen LogP contribution in [0.25, 0.3) is 23.4 Å². The summed E-state index contributed by atoms with van der Waals surface area (Å²) in [5.41, 5.74) is 7.44. The maximum absolute atomic E-state index is 12.8. The molecule has 2 aliphatic heterocycles. The van der Waals surface area contributed by atoms with Gasteiger partial charge in [-0.15, -0.1) is 0 Å². The first-order valence-electron chi connectivity index (χ1n) is 12.2. The number of aryl methyl sites for hydroxylation is 1. The van der Waals surface area contributed by atoms with Crippen LogP contribution in [0.3, 0.4) is 0 Å². The Balaban J connectivity index is 1.21. The van der Waals surface area contributed by atoms with E-state index in [4.69, 9.17) is 5.10 Å². The average Bonchev–Trinajstić information content (AvgIpc) is 3.28. The molecule has 6 rings (SSSR count). The van der Waals surface area contributed by atoms with Crippen molar-refractivity contribution in [3.05, 3.63) is 70.2 Å². The van der Waals surface area contributed by atoms with E-state index >= 15 is 0 Å². The lowest BCUT2D eigenvalue weighted by molar-refractivity contribution is 0.0664. The van der Waals surface area contributed by atoms with E-state index in [1.54, 1.807) is 0 Å². The van der Waals surface area contributed by atoms with Crippen LogP contribution in [0.15, 0.2) is 36.5 Å². The van der Waals surface area contributed by atoms with E-state index in [0.717, 1.165) is 78.2 Å². The summed E-state index contributed by atoms with van der Waals surface area (Å²) in [6, 6.07) is 9.80. The molecule has 0 spiro atoms. The Labute approximate surface area is 204 Å². The van der Waals surface area contributed by atoms with Gasteiger partial charge in [0.05, 0.1) is 17.9 Å². The van der Waals surface area contributed by atoms with Gasteiger partial charge in [0.25, 0.3) is 11.8 Å². The number of nitrogens with zero attached hydrogens (tertiary/aromatic N) is 5. The number of piperazine rings is 1. The minimum atomic E-state index is -0.0304. The fraction of sp³-hybridized carbons (Fsp3) is 0.333. The van der Waals surface area contributed by atoms with E-state index in [9.17, 15) is 9.59 Å². The molecule has 3 aliphatic rings. The third-order valence-electron chi connectivity index (χ3n) is 7.18. The number of likely N-dealkylation sites (N-methyl/N-ethyl adjacent to an activating group) is 1. The predicted octanol–water partition coefficient (Wildman–Crippen LogP) is 2.35. The maximum Gasteiger partial charge on any atom is 0.269 e. The molecule has 2 amide bonds. The lowest BCUT2D eigenvalue weighted by Crippen LogP contribution is -2.47. The second-order valence-corrected chi connectivity index (χ2v) is 9.47. The monoisotopic (exact) mass is 468 g/mol. The van der Waals surface area contributed by atoms with Crippen molar-refractivity contribution in [1.29, 1.82) is 0 Å². The van der Waals surface area contributed by atoms with Crippen LogP contribution in [-0.2, 0) is 19.4 Å². The molecule has 1 fully saturated rings. The third kappa shape index (κ3) is 4.04. The Bertz CT molecular complexity index is 1330. The number of aromatic nitrogens is 3. The first kappa shape index (κ1) is 21.7. The lowest BCUT2D eigenvalue weighted by Gasteiger charge is -2.32. The summed E-state index contributed by atoms with van der Waals surface area (Å²) in [5, 5.41) is 7.71. The van der Waals surface area contributed by atoms with Gasteiger partial charge in [-0.2, -0.15) is 5.10 Å². The van der Waals surface area contributed by atoms with Gasteiger partial charge in [-0.3, -0.25) is 19.3 Å². The normalized spacial score (nSPS) is 17.6. The minimum Gasteiger partial charge on any atom is -0.349 e. The lowest BCUT2D eigenvalue weighted by atomic mass is 9.89. The van der Waals surface area contributed by atoms with Crippen LogP contribution < -0.4 is 5.32 Å². The number of rotatable bonds is 3. The zero-order valence-electron chi connectivity index (χ0n) is 19.8. The quantitative estimate of drug-likeness (QED) is 0.638. The Kier molecular flexibility index (Phi) is 5.45. The Morgan fingerprint density at radius 1 is 1.03 bits per heavy atom. The number of nitrogens with one attached hydrogen (secondary N) is 1. The van der Waals surface area contributed by atoms with Crippen LogP contribution in [0.1, 0.15) is 43.2 Å². The molecule has 0 bridgehead atoms. The van der Waals surface area contributed by atoms with Crippen LogP contribution in [-0.4, -0.2) is 76.2 Å². The minimum absolute atomic E-state index is 0.0304. The van der Waals surface area contributed by atoms with E-state index in [0.29, 0.717) is 18.8 Å². The zero-order chi connectivity index (χ0) is 23.9. The molecule has 3 aromatic rings. The van der Waals surface area contributed by atoms with Gasteiger partial charge in [0.2, 0.25) is 0 Å². The number of carbonyl (C=O) groups excluding carboxylic acids is 2. The van der Waals surface area contributed by atoms with Crippen molar-refractivity contribution in [2.75, 3.05) is 39.8 Å². The number of benzene rings is 1. The van der Waals surface area contributed by atoms with Crippen LogP contribution >= 0.6 is 0 Å². The molecule has 8 nitrogen and oxygen atoms in total. The molecule has 0 unspecified atom stereocenters. The topological polar surface area (TPSA) is 83.4 Å². The average molecular weight is 469 g/mol. The molecule has 178 valence electrons. The van der Waals surface area contributed by atoms with Crippen LogP contribution in [0.2, 0.25) is 0 Å². The zero-order valence-corrected chi connectivity index (χ0v) is 19.8. The largest absolute Gasteiger partial charge is 0.349 e. The van der Waals surface area contributed by atoms with Gasteiger partial charge in [-0.25, -0.2) is 0 Å². The fourth-order valence-electron chi connectivity index (χ4n) is 5.11. The predicted molar refractivity (Wildman–Crippen MR) is 134 cm³/mol. The highest BCUT2D eigenvalue weighted by Gasteiger charge is 2.30. The van der Waals surface area contributed by atoms with Crippen molar-refractivity contribution in [3.8, 4) is 11.3 Å². The Morgan fingerprint density at radius 2 is 1.83 bits per heavy atom. The molecule has 1 aliphatic carbocycles. The van der Waals surface area contributed by atoms with Crippen LogP contribution in [0.4, 0.5) is 0 Å². The van der Waals surface area contributed by atoms with E-state index < -0.39 is 0 Å². The van der Waals surface area contributed by atoms with Crippen molar-refractivity contribution in [2.45, 2.75) is 19.4 Å². The summed E-state index contributed by atoms with van der Waals surface area (Å²) in [6.07, 6.45) is 7.58. The smallest absolute Gasteiger partial charge is 0.269 e. The standard InChI is InChI=1S/C27H28N6O2/c1-31-12-14-32(15-13-31)27(35)19-5-2-18(3-6-19)4-8-21-16-23-20(17-29-21)7-9-22-24(23)30-33-11-10-28-26(34)25(22)33/h2-6,8,16-17H,7,9-15H2,1H3,(H,28,34). The fourth-order valence-corrected chi connectivity index (χ4v) is 5.11. The molecule has 1 N–H and O–H groups in total. The third-order valence-corrected chi connectivity index (χ3v) is 7.18. The number of carbonyl (C=O) groups is 2. The summed E-state index contributed by atoms with van der Waals surface area (Å²) >= 11 is 0. The molecule has 1 aromatic carbocycles. The summed E-state index contributed by atoms with van der Waals surface area (Å²) in [6.45, 7) is 4.69. The molecule has 0 radical (unpaired) electrons. The molecule has 8 heteroatoms. The van der Waals surface area contributed by atoms with Crippen molar-refractivity contribution < 1.29 is 9.59 Å². The first-order valence-corrected chi connectivity index (χ1v) is 12.2. The molecule has 1 saturated heterocycles. The van der Waals surface area contributed by atoms with Crippen molar-refractivity contribution in [3.63, 3.8) is 0 Å². The summed E-state index contributed by atoms with van der Waals surface area (Å²) in [4.78, 5) is 34.0. The second-order valence-electron chi connectivity index (χ2n) is 9.47. The SMILES string of the molecule is CN1CCN(C(=O)c2ccc(C=Cc3cc4c(cn3)CCc3c-4nn4c3C(=O)NCC4)cc2)CC1. The summed E-state index contributed by atoms with van der Waals surface area (Å²) < 4.78 is 1.85. The van der Waals surface area contributed by atoms with E-state index in [2.05, 4.69) is 28.3 Å². The number of pyridine rings is 1. The van der Waals surface area contributed by atoms with E-state index in [-0.39, 0.29) is 11.8 Å². The second kappa shape index (κ2) is 8.78. The highest BCUT2D eigenvalue weighted by Crippen LogP contribution is 2.35. The van der Waals surface area contributed by atoms with Crippen LogP contribution in [0, 0.1) is 0 Å². The van der Waals surface area contributed by atoms with E-state index in [1.165, 1.54) is 0 Å². The van der Waals surface area contributed by atoms with Gasteiger partial charge in [0.15, 0.2) is 0 Å². The summed E-state index contributed by atoms with van der Waals surface area (Å²) in [5.74, 6) is 0.0643. The Morgan fingerprint density at radius 3 is 2.63 bits per heavy atom. The molecular formula is C27H28N6O2. The molecule has 0 atom stereocenters. The summed E-state index contributed by atoms with van der Waals surface area (Å²) in [7, 11) is 2.08. The van der Waals surface area contributed by atoms with Gasteiger partial charge in [0.1, 0.15) is 5.69 Å². The number of fused-ring (bicyclic) bond motifs is 5. The van der Waals surface area contributed by atoms with Crippen LogP contribution in [0.5, 0.6) is 0 Å². The van der Waals surface area contributed by atoms with Gasteiger partial charge in [0, 0.05) is 55.6 Å². The molecular weight excluding hydrogens is 440 g/mol. The van der Waals surface area contributed by atoms with Crippen molar-refractivity contribution in [2.24, 2.45) is 0 Å². The van der Waals surface area contributed by atoms with E-state index in [1.807, 2.05) is 52.2 Å². The molecule has 35 heavy (non-hydrogen) atoms. The molecule has 4 heterocycles. The number of amides is 2. The molecule has 0 saturated carbocycles. The van der Waals surface area contributed by atoms with Crippen molar-refractivity contribution in [1.82, 2.24) is 29.9 Å². The van der Waals surface area contributed by atoms with Gasteiger partial charge in [-0.05, 0) is 55.3 Å². The first-order chi connectivity index (χ1) is 17.1. The highest BCUT2D eigenvalue weighted by atomic mass is 16.2.